The zero-order valence-corrected chi connectivity index (χ0v) is 13.1. The summed E-state index contributed by atoms with van der Waals surface area (Å²) in [5.74, 6) is 0.0444. The Hall–Kier alpha value is -2.40. The zero-order chi connectivity index (χ0) is 15.4. The van der Waals surface area contributed by atoms with Crippen LogP contribution in [0.15, 0.2) is 60.5 Å². The number of rotatable bonds is 5. The number of hydrogen-bond donors (Lipinski definition) is 1. The maximum Gasteiger partial charge on any atom is 0.225 e. The van der Waals surface area contributed by atoms with Gasteiger partial charge in [-0.15, -0.1) is 11.3 Å². The first-order valence-corrected chi connectivity index (χ1v) is 8.00. The van der Waals surface area contributed by atoms with Crippen molar-refractivity contribution in [2.45, 2.75) is 19.4 Å². The van der Waals surface area contributed by atoms with E-state index in [4.69, 9.17) is 0 Å². The molecular formula is C17H17N3OS. The van der Waals surface area contributed by atoms with Gasteiger partial charge in [0.15, 0.2) is 0 Å². The third-order valence-electron chi connectivity index (χ3n) is 3.47. The predicted octanol–water partition coefficient (Wildman–Crippen LogP) is 3.35. The summed E-state index contributed by atoms with van der Waals surface area (Å²) in [5, 5.41) is 5.04. The van der Waals surface area contributed by atoms with E-state index in [0.717, 1.165) is 16.1 Å². The zero-order valence-electron chi connectivity index (χ0n) is 12.3. The molecule has 0 aliphatic carbocycles. The minimum absolute atomic E-state index is 0.0315. The summed E-state index contributed by atoms with van der Waals surface area (Å²) in [4.78, 5) is 17.2. The highest BCUT2D eigenvalue weighted by Crippen LogP contribution is 2.17. The summed E-state index contributed by atoms with van der Waals surface area (Å²) < 4.78 is 1.95. The quantitative estimate of drug-likeness (QED) is 0.785. The second-order valence-electron chi connectivity index (χ2n) is 5.11. The lowest BCUT2D eigenvalue weighted by Crippen LogP contribution is -2.27. The van der Waals surface area contributed by atoms with E-state index in [-0.39, 0.29) is 11.9 Å². The Morgan fingerprint density at radius 2 is 2.27 bits per heavy atom. The van der Waals surface area contributed by atoms with E-state index in [1.807, 2.05) is 53.4 Å². The fourth-order valence-electron chi connectivity index (χ4n) is 2.31. The van der Waals surface area contributed by atoms with Crippen molar-refractivity contribution in [3.05, 3.63) is 70.9 Å². The van der Waals surface area contributed by atoms with Gasteiger partial charge in [0.25, 0.3) is 0 Å². The molecule has 3 rings (SSSR count). The van der Waals surface area contributed by atoms with Gasteiger partial charge < -0.3 is 9.88 Å². The molecule has 3 aromatic rings. The monoisotopic (exact) mass is 311 g/mol. The average Bonchev–Trinajstić information content (AvgIpc) is 3.20. The van der Waals surface area contributed by atoms with Crippen LogP contribution >= 0.6 is 11.3 Å². The maximum absolute atomic E-state index is 12.1. The van der Waals surface area contributed by atoms with Crippen molar-refractivity contribution >= 4 is 17.2 Å². The number of nitrogens with zero attached hydrogens (tertiary/aromatic N) is 2. The Morgan fingerprint density at radius 3 is 3.00 bits per heavy atom. The van der Waals surface area contributed by atoms with Crippen molar-refractivity contribution in [3.63, 3.8) is 0 Å². The summed E-state index contributed by atoms with van der Waals surface area (Å²) in [7, 11) is 0. The minimum Gasteiger partial charge on any atom is -0.349 e. The molecule has 1 aromatic carbocycles. The van der Waals surface area contributed by atoms with Gasteiger partial charge in [-0.2, -0.15) is 0 Å². The standard InChI is InChI=1S/C17H17N3OS/c1-13(19-17(21)11-16-6-3-9-22-16)14-4-2-5-15(10-14)20-8-7-18-12-20/h2-10,12-13H,11H2,1H3,(H,19,21)/t13-/m1/s1. The SMILES string of the molecule is C[C@@H](NC(=O)Cc1cccs1)c1cccc(-n2ccnc2)c1. The third kappa shape index (κ3) is 3.43. The summed E-state index contributed by atoms with van der Waals surface area (Å²) in [6.07, 6.45) is 5.85. The number of hydrogen-bond acceptors (Lipinski definition) is 3. The summed E-state index contributed by atoms with van der Waals surface area (Å²) >= 11 is 1.60. The molecule has 4 nitrogen and oxygen atoms in total. The van der Waals surface area contributed by atoms with Crippen LogP contribution in [0.2, 0.25) is 0 Å². The molecule has 2 heterocycles. The summed E-state index contributed by atoms with van der Waals surface area (Å²) in [6, 6.07) is 12.0. The van der Waals surface area contributed by atoms with E-state index >= 15 is 0 Å². The number of thiophene rings is 1. The number of imidazole rings is 1. The second kappa shape index (κ2) is 6.58. The highest BCUT2D eigenvalue weighted by atomic mass is 32.1. The maximum atomic E-state index is 12.1. The van der Waals surface area contributed by atoms with Crippen molar-refractivity contribution in [1.82, 2.24) is 14.9 Å². The van der Waals surface area contributed by atoms with Gasteiger partial charge in [-0.3, -0.25) is 4.79 Å². The van der Waals surface area contributed by atoms with E-state index in [1.54, 1.807) is 23.9 Å². The predicted molar refractivity (Wildman–Crippen MR) is 88.1 cm³/mol. The van der Waals surface area contributed by atoms with Gasteiger partial charge in [-0.1, -0.05) is 18.2 Å². The first-order chi connectivity index (χ1) is 10.7. The lowest BCUT2D eigenvalue weighted by molar-refractivity contribution is -0.121. The van der Waals surface area contributed by atoms with Crippen LogP contribution in [0.4, 0.5) is 0 Å². The van der Waals surface area contributed by atoms with Crippen LogP contribution in [-0.2, 0) is 11.2 Å². The fourth-order valence-corrected chi connectivity index (χ4v) is 3.02. The second-order valence-corrected chi connectivity index (χ2v) is 6.14. The molecule has 112 valence electrons. The van der Waals surface area contributed by atoms with Gasteiger partial charge in [0, 0.05) is 23.0 Å². The molecule has 22 heavy (non-hydrogen) atoms. The number of carbonyl (C=O) groups is 1. The molecule has 0 aliphatic heterocycles. The lowest BCUT2D eigenvalue weighted by Gasteiger charge is -2.15. The molecule has 0 unspecified atom stereocenters. The Kier molecular flexibility index (Phi) is 4.34. The van der Waals surface area contributed by atoms with Crippen LogP contribution in [0.3, 0.4) is 0 Å². The highest BCUT2D eigenvalue weighted by molar-refractivity contribution is 7.10. The molecule has 1 atom stereocenters. The number of carbonyl (C=O) groups excluding carboxylic acids is 1. The van der Waals surface area contributed by atoms with Crippen LogP contribution in [-0.4, -0.2) is 15.5 Å². The van der Waals surface area contributed by atoms with Crippen LogP contribution in [0, 0.1) is 0 Å². The van der Waals surface area contributed by atoms with Gasteiger partial charge >= 0.3 is 0 Å². The first kappa shape index (κ1) is 14.5. The van der Waals surface area contributed by atoms with Crippen molar-refractivity contribution in [1.29, 1.82) is 0 Å². The molecule has 5 heteroatoms. The van der Waals surface area contributed by atoms with Crippen molar-refractivity contribution < 1.29 is 4.79 Å². The smallest absolute Gasteiger partial charge is 0.225 e. The van der Waals surface area contributed by atoms with Gasteiger partial charge in [0.2, 0.25) is 5.91 Å². The molecule has 0 spiro atoms. The molecule has 1 N–H and O–H groups in total. The van der Waals surface area contributed by atoms with Crippen molar-refractivity contribution in [2.24, 2.45) is 0 Å². The van der Waals surface area contributed by atoms with Gasteiger partial charge in [-0.05, 0) is 36.1 Å². The van der Waals surface area contributed by atoms with Crippen LogP contribution in [0.1, 0.15) is 23.4 Å². The number of benzene rings is 1. The fraction of sp³-hybridized carbons (Fsp3) is 0.176. The molecule has 0 radical (unpaired) electrons. The van der Waals surface area contributed by atoms with Crippen LogP contribution < -0.4 is 5.32 Å². The largest absolute Gasteiger partial charge is 0.349 e. The Bertz CT molecular complexity index is 735. The Labute approximate surface area is 133 Å². The van der Waals surface area contributed by atoms with Crippen LogP contribution in [0.5, 0.6) is 0 Å². The topological polar surface area (TPSA) is 46.9 Å². The van der Waals surface area contributed by atoms with Crippen molar-refractivity contribution in [2.75, 3.05) is 0 Å². The number of nitrogens with one attached hydrogen (secondary N) is 1. The van der Waals surface area contributed by atoms with E-state index in [1.165, 1.54) is 0 Å². The van der Waals surface area contributed by atoms with E-state index in [0.29, 0.717) is 6.42 Å². The Morgan fingerprint density at radius 1 is 1.36 bits per heavy atom. The van der Waals surface area contributed by atoms with Crippen molar-refractivity contribution in [3.8, 4) is 5.69 Å². The molecule has 0 bridgehead atoms. The van der Waals surface area contributed by atoms with Gasteiger partial charge in [-0.25, -0.2) is 4.98 Å². The molecule has 1 amide bonds. The van der Waals surface area contributed by atoms with E-state index in [9.17, 15) is 4.79 Å². The van der Waals surface area contributed by atoms with Gasteiger partial charge in [0.1, 0.15) is 0 Å². The molecule has 2 aromatic heterocycles. The Balaban J connectivity index is 1.68. The van der Waals surface area contributed by atoms with E-state index < -0.39 is 0 Å². The van der Waals surface area contributed by atoms with E-state index in [2.05, 4.69) is 16.4 Å². The minimum atomic E-state index is -0.0315. The highest BCUT2D eigenvalue weighted by Gasteiger charge is 2.11. The third-order valence-corrected chi connectivity index (χ3v) is 4.34. The molecule has 0 saturated heterocycles. The summed E-state index contributed by atoms with van der Waals surface area (Å²) in [5.41, 5.74) is 2.11. The average molecular weight is 311 g/mol. The lowest BCUT2D eigenvalue weighted by atomic mass is 10.1. The number of amides is 1. The van der Waals surface area contributed by atoms with Crippen LogP contribution in [0.25, 0.3) is 5.69 Å². The molecule has 0 fully saturated rings. The molecule has 0 saturated carbocycles. The number of aromatic nitrogens is 2. The normalized spacial score (nSPS) is 12.0. The molecular weight excluding hydrogens is 294 g/mol. The molecule has 0 aliphatic rings. The first-order valence-electron chi connectivity index (χ1n) is 7.12. The summed E-state index contributed by atoms with van der Waals surface area (Å²) in [6.45, 7) is 2.00. The van der Waals surface area contributed by atoms with Gasteiger partial charge in [0.05, 0.1) is 18.8 Å².